The highest BCUT2D eigenvalue weighted by atomic mass is 16.3. The normalized spacial score (nSPS) is 13.3. The topological polar surface area (TPSA) is 32.2 Å². The average Bonchev–Trinajstić information content (AvgIpc) is 3.83. The van der Waals surface area contributed by atoms with Crippen LogP contribution in [0.3, 0.4) is 0 Å². The van der Waals surface area contributed by atoms with Crippen molar-refractivity contribution in [3.63, 3.8) is 0 Å². The van der Waals surface area contributed by atoms with Crippen molar-refractivity contribution in [3.05, 3.63) is 197 Å². The molecule has 0 saturated heterocycles. The molecule has 8 aromatic carbocycles. The van der Waals surface area contributed by atoms with E-state index in [2.05, 4.69) is 201 Å². The van der Waals surface area contributed by atoms with Crippen LogP contribution in [-0.4, -0.2) is 4.98 Å². The SMILES string of the molecule is CC1=C(c2ccccc2C)CCC=C1N(c1cc(-c2ccccc2)ccc1C)c1c(C)c(-c2cccc3c2[nH]c2cc4ccccc4cc23)cc2oc3ccccc3c12. The Morgan fingerprint density at radius 1 is 0.542 bits per heavy atom. The standard InChI is InChI=1S/C56H44N2O/c1-34-16-8-11-21-42(34)43-23-15-26-50(36(43)3)58(51-32-41(29-28-35(51)2)38-17-6-5-7-18-38)56-37(4)47(33-53-54(56)46-22-12-13-27-52(46)59-53)44-24-14-25-45-48-30-39-19-9-10-20-40(39)31-49(48)57-55(44)45/h5-14,16-22,24-33,57H,15,23H2,1-4H3. The molecule has 0 bridgehead atoms. The van der Waals surface area contributed by atoms with Crippen LogP contribution in [0.2, 0.25) is 0 Å². The predicted octanol–water partition coefficient (Wildman–Crippen LogP) is 15.9. The van der Waals surface area contributed by atoms with E-state index in [1.54, 1.807) is 0 Å². The third-order valence-corrected chi connectivity index (χ3v) is 12.7. The van der Waals surface area contributed by atoms with Gasteiger partial charge in [0.05, 0.1) is 16.6 Å². The summed E-state index contributed by atoms with van der Waals surface area (Å²) < 4.78 is 6.89. The first-order valence-corrected chi connectivity index (χ1v) is 20.7. The molecule has 0 fully saturated rings. The summed E-state index contributed by atoms with van der Waals surface area (Å²) >= 11 is 0. The first-order valence-electron chi connectivity index (χ1n) is 20.7. The number of hydrogen-bond donors (Lipinski definition) is 1. The van der Waals surface area contributed by atoms with E-state index in [4.69, 9.17) is 4.42 Å². The summed E-state index contributed by atoms with van der Waals surface area (Å²) in [7, 11) is 0. The third-order valence-electron chi connectivity index (χ3n) is 12.7. The first kappa shape index (κ1) is 35.1. The number of anilines is 2. The molecule has 2 heterocycles. The Morgan fingerprint density at radius 2 is 1.27 bits per heavy atom. The summed E-state index contributed by atoms with van der Waals surface area (Å²) in [4.78, 5) is 6.47. The van der Waals surface area contributed by atoms with Gasteiger partial charge in [-0.1, -0.05) is 133 Å². The molecule has 0 amide bonds. The van der Waals surface area contributed by atoms with Gasteiger partial charge >= 0.3 is 0 Å². The summed E-state index contributed by atoms with van der Waals surface area (Å²) in [6, 6.07) is 57.3. The van der Waals surface area contributed by atoms with E-state index in [-0.39, 0.29) is 0 Å². The number of H-pyrrole nitrogens is 1. The zero-order chi connectivity index (χ0) is 39.8. The Hall–Kier alpha value is -7.10. The van der Waals surface area contributed by atoms with Gasteiger partial charge in [-0.25, -0.2) is 0 Å². The Balaban J connectivity index is 1.24. The van der Waals surface area contributed by atoms with E-state index in [9.17, 15) is 0 Å². The monoisotopic (exact) mass is 760 g/mol. The lowest BCUT2D eigenvalue weighted by Gasteiger charge is -2.35. The number of rotatable bonds is 6. The second kappa shape index (κ2) is 13.8. The third kappa shape index (κ3) is 5.64. The van der Waals surface area contributed by atoms with E-state index in [0.717, 1.165) is 68.3 Å². The molecule has 59 heavy (non-hydrogen) atoms. The summed E-state index contributed by atoms with van der Waals surface area (Å²) in [6.45, 7) is 9.13. The highest BCUT2D eigenvalue weighted by molar-refractivity contribution is 6.19. The molecular formula is C56H44N2O. The predicted molar refractivity (Wildman–Crippen MR) is 251 cm³/mol. The number of benzene rings is 8. The fraction of sp³-hybridized carbons (Fsp3) is 0.107. The van der Waals surface area contributed by atoms with Crippen LogP contribution in [0.1, 0.15) is 42.0 Å². The molecule has 3 nitrogen and oxygen atoms in total. The summed E-state index contributed by atoms with van der Waals surface area (Å²) in [5.74, 6) is 0. The number of aryl methyl sites for hydroxylation is 2. The fourth-order valence-corrected chi connectivity index (χ4v) is 9.75. The smallest absolute Gasteiger partial charge is 0.138 e. The summed E-state index contributed by atoms with van der Waals surface area (Å²) in [5.41, 5.74) is 20.0. The molecule has 2 aromatic heterocycles. The summed E-state index contributed by atoms with van der Waals surface area (Å²) in [6.07, 6.45) is 4.41. The van der Waals surface area contributed by atoms with Crippen LogP contribution in [-0.2, 0) is 0 Å². The molecule has 0 saturated carbocycles. The number of allylic oxidation sites excluding steroid dienone is 3. The molecule has 0 radical (unpaired) electrons. The average molecular weight is 761 g/mol. The highest BCUT2D eigenvalue weighted by Gasteiger charge is 2.30. The fourth-order valence-electron chi connectivity index (χ4n) is 9.75. The van der Waals surface area contributed by atoms with Gasteiger partial charge in [0.2, 0.25) is 0 Å². The van der Waals surface area contributed by atoms with Gasteiger partial charge in [0.25, 0.3) is 0 Å². The lowest BCUT2D eigenvalue weighted by Crippen LogP contribution is -2.22. The second-order valence-electron chi connectivity index (χ2n) is 16.2. The lowest BCUT2D eigenvalue weighted by molar-refractivity contribution is 0.669. The van der Waals surface area contributed by atoms with Crippen molar-refractivity contribution in [2.24, 2.45) is 0 Å². The summed E-state index contributed by atoms with van der Waals surface area (Å²) in [5, 5.41) is 7.16. The van der Waals surface area contributed by atoms with Crippen molar-refractivity contribution in [3.8, 4) is 22.3 Å². The molecule has 1 aliphatic carbocycles. The number of hydrogen-bond acceptors (Lipinski definition) is 2. The lowest BCUT2D eigenvalue weighted by atomic mass is 9.86. The van der Waals surface area contributed by atoms with Gasteiger partial charge in [0.1, 0.15) is 11.2 Å². The van der Waals surface area contributed by atoms with E-state index in [1.165, 1.54) is 71.8 Å². The van der Waals surface area contributed by atoms with Gasteiger partial charge in [-0.3, -0.25) is 0 Å². The minimum absolute atomic E-state index is 0.875. The van der Waals surface area contributed by atoms with Crippen LogP contribution in [0.4, 0.5) is 11.4 Å². The maximum absolute atomic E-state index is 6.89. The molecule has 0 aliphatic heterocycles. The van der Waals surface area contributed by atoms with Crippen LogP contribution in [0.15, 0.2) is 179 Å². The molecule has 11 rings (SSSR count). The van der Waals surface area contributed by atoms with Gasteiger partial charge in [-0.2, -0.15) is 0 Å². The van der Waals surface area contributed by atoms with Crippen LogP contribution in [0.5, 0.6) is 0 Å². The molecule has 0 unspecified atom stereocenters. The molecule has 0 spiro atoms. The number of nitrogens with one attached hydrogen (secondary N) is 1. The zero-order valence-electron chi connectivity index (χ0n) is 33.9. The number of aromatic amines is 1. The Labute approximate surface area is 344 Å². The van der Waals surface area contributed by atoms with E-state index >= 15 is 0 Å². The van der Waals surface area contributed by atoms with Gasteiger partial charge in [-0.15, -0.1) is 0 Å². The van der Waals surface area contributed by atoms with Crippen LogP contribution >= 0.6 is 0 Å². The van der Waals surface area contributed by atoms with Gasteiger partial charge < -0.3 is 14.3 Å². The van der Waals surface area contributed by atoms with Crippen LogP contribution in [0, 0.1) is 20.8 Å². The number of aromatic nitrogens is 1. The first-order chi connectivity index (χ1) is 28.9. The Morgan fingerprint density at radius 3 is 2.12 bits per heavy atom. The zero-order valence-corrected chi connectivity index (χ0v) is 33.9. The van der Waals surface area contributed by atoms with Crippen molar-refractivity contribution < 1.29 is 4.42 Å². The number of furan rings is 1. The van der Waals surface area contributed by atoms with Crippen molar-refractivity contribution in [1.82, 2.24) is 4.98 Å². The van der Waals surface area contributed by atoms with Gasteiger partial charge in [0, 0.05) is 38.6 Å². The van der Waals surface area contributed by atoms with Crippen molar-refractivity contribution in [2.45, 2.75) is 40.5 Å². The van der Waals surface area contributed by atoms with Crippen LogP contribution < -0.4 is 4.90 Å². The number of nitrogens with zero attached hydrogens (tertiary/aromatic N) is 1. The molecule has 0 atom stereocenters. The molecule has 1 N–H and O–H groups in total. The van der Waals surface area contributed by atoms with E-state index in [1.807, 2.05) is 0 Å². The minimum atomic E-state index is 0.875. The quantitative estimate of drug-likeness (QED) is 0.183. The van der Waals surface area contributed by atoms with E-state index < -0.39 is 0 Å². The second-order valence-corrected chi connectivity index (χ2v) is 16.2. The molecule has 10 aromatic rings. The number of fused-ring (bicyclic) bond motifs is 7. The Kier molecular flexibility index (Phi) is 8.20. The van der Waals surface area contributed by atoms with Gasteiger partial charge in [-0.05, 0) is 132 Å². The van der Waals surface area contributed by atoms with Crippen molar-refractivity contribution >= 4 is 71.5 Å². The largest absolute Gasteiger partial charge is 0.456 e. The maximum Gasteiger partial charge on any atom is 0.138 e. The minimum Gasteiger partial charge on any atom is -0.456 e. The number of para-hydroxylation sites is 2. The van der Waals surface area contributed by atoms with Crippen LogP contribution in [0.25, 0.3) is 82.3 Å². The van der Waals surface area contributed by atoms with Crippen molar-refractivity contribution in [1.29, 1.82) is 0 Å². The molecule has 284 valence electrons. The van der Waals surface area contributed by atoms with Gasteiger partial charge in [0.15, 0.2) is 0 Å². The molecule has 3 heteroatoms. The van der Waals surface area contributed by atoms with Crippen molar-refractivity contribution in [2.75, 3.05) is 4.90 Å². The highest BCUT2D eigenvalue weighted by Crippen LogP contribution is 2.51. The molecule has 1 aliphatic rings. The Bertz CT molecular complexity index is 3370. The maximum atomic E-state index is 6.89. The van der Waals surface area contributed by atoms with E-state index in [0.29, 0.717) is 0 Å². The molecular weight excluding hydrogens is 717 g/mol.